The second kappa shape index (κ2) is 5.44. The zero-order chi connectivity index (χ0) is 14.1. The van der Waals surface area contributed by atoms with E-state index >= 15 is 0 Å². The molecule has 0 bridgehead atoms. The Bertz CT molecular complexity index is 509. The van der Waals surface area contributed by atoms with Crippen LogP contribution in [0, 0.1) is 0 Å². The van der Waals surface area contributed by atoms with Crippen LogP contribution >= 0.6 is 0 Å². The van der Waals surface area contributed by atoms with Crippen LogP contribution in [-0.4, -0.2) is 31.1 Å². The molecule has 0 radical (unpaired) electrons. The number of fused-ring (bicyclic) bond motifs is 1. The highest BCUT2D eigenvalue weighted by molar-refractivity contribution is 5.93. The first-order valence-corrected chi connectivity index (χ1v) is 7.44. The average molecular weight is 274 g/mol. The SMILES string of the molecule is CC(=O)N1CC(C)Oc2ccc(CC3CCCN3)cc21. The Labute approximate surface area is 120 Å². The Morgan fingerprint density at radius 1 is 1.50 bits per heavy atom. The Hall–Kier alpha value is -1.55. The van der Waals surface area contributed by atoms with Crippen LogP contribution in [0.3, 0.4) is 0 Å². The summed E-state index contributed by atoms with van der Waals surface area (Å²) in [4.78, 5) is 13.6. The van der Waals surface area contributed by atoms with Crippen molar-refractivity contribution in [3.8, 4) is 5.75 Å². The third kappa shape index (κ3) is 2.66. The second-order valence-corrected chi connectivity index (χ2v) is 5.86. The molecule has 4 nitrogen and oxygen atoms in total. The van der Waals surface area contributed by atoms with E-state index in [1.54, 1.807) is 6.92 Å². The van der Waals surface area contributed by atoms with E-state index in [-0.39, 0.29) is 12.0 Å². The van der Waals surface area contributed by atoms with Crippen LogP contribution < -0.4 is 15.0 Å². The molecule has 2 heterocycles. The molecule has 2 unspecified atom stereocenters. The lowest BCUT2D eigenvalue weighted by molar-refractivity contribution is -0.117. The largest absolute Gasteiger partial charge is 0.487 e. The maximum atomic E-state index is 11.8. The van der Waals surface area contributed by atoms with Crippen molar-refractivity contribution in [1.29, 1.82) is 0 Å². The highest BCUT2D eigenvalue weighted by Crippen LogP contribution is 2.34. The summed E-state index contributed by atoms with van der Waals surface area (Å²) in [5.41, 5.74) is 2.19. The van der Waals surface area contributed by atoms with E-state index in [1.807, 2.05) is 17.9 Å². The molecule has 2 atom stereocenters. The number of amides is 1. The van der Waals surface area contributed by atoms with Crippen molar-refractivity contribution >= 4 is 11.6 Å². The summed E-state index contributed by atoms with van der Waals surface area (Å²) in [5.74, 6) is 0.902. The maximum Gasteiger partial charge on any atom is 0.224 e. The summed E-state index contributed by atoms with van der Waals surface area (Å²) in [5, 5.41) is 3.51. The number of rotatable bonds is 2. The molecule has 20 heavy (non-hydrogen) atoms. The molecule has 2 aliphatic rings. The molecule has 0 aromatic heterocycles. The smallest absolute Gasteiger partial charge is 0.224 e. The van der Waals surface area contributed by atoms with E-state index < -0.39 is 0 Å². The first kappa shape index (κ1) is 13.4. The fourth-order valence-corrected chi connectivity index (χ4v) is 3.12. The number of ether oxygens (including phenoxy) is 1. The number of carbonyl (C=O) groups excluding carboxylic acids is 1. The Kier molecular flexibility index (Phi) is 3.66. The van der Waals surface area contributed by atoms with Gasteiger partial charge in [0.05, 0.1) is 12.2 Å². The number of carbonyl (C=O) groups is 1. The number of anilines is 1. The van der Waals surface area contributed by atoms with Crippen molar-refractivity contribution in [3.05, 3.63) is 23.8 Å². The Balaban J connectivity index is 1.85. The molecule has 0 spiro atoms. The summed E-state index contributed by atoms with van der Waals surface area (Å²) in [6, 6.07) is 6.81. The normalized spacial score (nSPS) is 25.2. The van der Waals surface area contributed by atoms with Gasteiger partial charge in [0, 0.05) is 13.0 Å². The average Bonchev–Trinajstić information content (AvgIpc) is 2.91. The first-order chi connectivity index (χ1) is 9.63. The number of nitrogens with zero attached hydrogens (tertiary/aromatic N) is 1. The summed E-state index contributed by atoms with van der Waals surface area (Å²) in [7, 11) is 0. The molecule has 1 saturated heterocycles. The monoisotopic (exact) mass is 274 g/mol. The van der Waals surface area contributed by atoms with Gasteiger partial charge in [0.15, 0.2) is 0 Å². The van der Waals surface area contributed by atoms with Crippen molar-refractivity contribution < 1.29 is 9.53 Å². The van der Waals surface area contributed by atoms with Crippen LogP contribution in [0.2, 0.25) is 0 Å². The number of hydrogen-bond donors (Lipinski definition) is 1. The van der Waals surface area contributed by atoms with Crippen molar-refractivity contribution in [2.75, 3.05) is 18.0 Å². The number of benzene rings is 1. The van der Waals surface area contributed by atoms with E-state index in [0.29, 0.717) is 12.6 Å². The molecule has 1 amide bonds. The molecule has 4 heteroatoms. The molecule has 2 aliphatic heterocycles. The predicted octanol–water partition coefficient (Wildman–Crippen LogP) is 2.11. The van der Waals surface area contributed by atoms with Gasteiger partial charge in [-0.2, -0.15) is 0 Å². The van der Waals surface area contributed by atoms with E-state index in [0.717, 1.165) is 24.4 Å². The minimum Gasteiger partial charge on any atom is -0.487 e. The van der Waals surface area contributed by atoms with Gasteiger partial charge in [-0.15, -0.1) is 0 Å². The molecule has 0 saturated carbocycles. The van der Waals surface area contributed by atoms with Gasteiger partial charge in [-0.1, -0.05) is 6.07 Å². The van der Waals surface area contributed by atoms with Crippen LogP contribution in [0.25, 0.3) is 0 Å². The topological polar surface area (TPSA) is 41.6 Å². The second-order valence-electron chi connectivity index (χ2n) is 5.86. The first-order valence-electron chi connectivity index (χ1n) is 7.44. The zero-order valence-corrected chi connectivity index (χ0v) is 12.2. The lowest BCUT2D eigenvalue weighted by Gasteiger charge is -2.33. The molecule has 1 fully saturated rings. The molecule has 1 aromatic rings. The van der Waals surface area contributed by atoms with Crippen LogP contribution in [0.15, 0.2) is 18.2 Å². The standard InChI is InChI=1S/C16H22N2O2/c1-11-10-18(12(2)19)15-9-13(5-6-16(15)20-11)8-14-4-3-7-17-14/h5-6,9,11,14,17H,3-4,7-8,10H2,1-2H3. The molecule has 3 rings (SSSR count). The third-order valence-electron chi connectivity index (χ3n) is 4.11. The molecule has 108 valence electrons. The summed E-state index contributed by atoms with van der Waals surface area (Å²) in [6.45, 7) is 5.37. The van der Waals surface area contributed by atoms with Crippen LogP contribution in [0.4, 0.5) is 5.69 Å². The van der Waals surface area contributed by atoms with E-state index in [9.17, 15) is 4.79 Å². The molecule has 0 aliphatic carbocycles. The van der Waals surface area contributed by atoms with Crippen LogP contribution in [-0.2, 0) is 11.2 Å². The van der Waals surface area contributed by atoms with Crippen molar-refractivity contribution in [3.63, 3.8) is 0 Å². The van der Waals surface area contributed by atoms with Gasteiger partial charge in [0.2, 0.25) is 5.91 Å². The maximum absolute atomic E-state index is 11.8. The summed E-state index contributed by atoms with van der Waals surface area (Å²) >= 11 is 0. The highest BCUT2D eigenvalue weighted by Gasteiger charge is 2.26. The van der Waals surface area contributed by atoms with E-state index in [2.05, 4.69) is 17.4 Å². The number of hydrogen-bond acceptors (Lipinski definition) is 3. The van der Waals surface area contributed by atoms with Gasteiger partial charge in [0.25, 0.3) is 0 Å². The fourth-order valence-electron chi connectivity index (χ4n) is 3.12. The van der Waals surface area contributed by atoms with Crippen LogP contribution in [0.1, 0.15) is 32.3 Å². The van der Waals surface area contributed by atoms with Crippen LogP contribution in [0.5, 0.6) is 5.75 Å². The Morgan fingerprint density at radius 3 is 3.05 bits per heavy atom. The summed E-state index contributed by atoms with van der Waals surface area (Å²) in [6.07, 6.45) is 3.57. The quantitative estimate of drug-likeness (QED) is 0.898. The minimum atomic E-state index is 0.0498. The van der Waals surface area contributed by atoms with E-state index in [1.165, 1.54) is 18.4 Å². The molecular weight excluding hydrogens is 252 g/mol. The van der Waals surface area contributed by atoms with Crippen molar-refractivity contribution in [2.45, 2.75) is 45.3 Å². The summed E-state index contributed by atoms with van der Waals surface area (Å²) < 4.78 is 5.83. The minimum absolute atomic E-state index is 0.0498. The van der Waals surface area contributed by atoms with Crippen molar-refractivity contribution in [2.24, 2.45) is 0 Å². The lowest BCUT2D eigenvalue weighted by Crippen LogP contribution is -2.41. The van der Waals surface area contributed by atoms with Crippen molar-refractivity contribution in [1.82, 2.24) is 5.32 Å². The highest BCUT2D eigenvalue weighted by atomic mass is 16.5. The number of nitrogens with one attached hydrogen (secondary N) is 1. The third-order valence-corrected chi connectivity index (χ3v) is 4.11. The molecule has 1 N–H and O–H groups in total. The van der Waals surface area contributed by atoms with Gasteiger partial charge in [-0.3, -0.25) is 4.79 Å². The van der Waals surface area contributed by atoms with Gasteiger partial charge in [0.1, 0.15) is 11.9 Å². The zero-order valence-electron chi connectivity index (χ0n) is 12.2. The van der Waals surface area contributed by atoms with E-state index in [4.69, 9.17) is 4.74 Å². The van der Waals surface area contributed by atoms with Gasteiger partial charge >= 0.3 is 0 Å². The van der Waals surface area contributed by atoms with Gasteiger partial charge < -0.3 is 15.0 Å². The predicted molar refractivity (Wildman–Crippen MR) is 79.3 cm³/mol. The fraction of sp³-hybridized carbons (Fsp3) is 0.562. The molecular formula is C16H22N2O2. The Morgan fingerprint density at radius 2 is 2.35 bits per heavy atom. The van der Waals surface area contributed by atoms with Gasteiger partial charge in [-0.05, 0) is 50.4 Å². The van der Waals surface area contributed by atoms with Gasteiger partial charge in [-0.25, -0.2) is 0 Å². The molecule has 1 aromatic carbocycles. The lowest BCUT2D eigenvalue weighted by atomic mass is 10.0.